The number of carbonyl (C=O) groups excluding carboxylic acids is 1. The van der Waals surface area contributed by atoms with Crippen molar-refractivity contribution in [2.75, 3.05) is 6.54 Å². The predicted molar refractivity (Wildman–Crippen MR) is 69.2 cm³/mol. The fraction of sp³-hybridized carbons (Fsp3) is 0.462. The maximum atomic E-state index is 12.0. The van der Waals surface area contributed by atoms with E-state index in [0.717, 1.165) is 18.4 Å². The number of hydrogen-bond donors (Lipinski definition) is 2. The highest BCUT2D eigenvalue weighted by atomic mass is 35.5. The Morgan fingerprint density at radius 2 is 2.29 bits per heavy atom. The van der Waals surface area contributed by atoms with Crippen LogP contribution in [0.1, 0.15) is 28.8 Å². The zero-order chi connectivity index (χ0) is 12.4. The maximum Gasteiger partial charge on any atom is 0.251 e. The first-order valence-corrected chi connectivity index (χ1v) is 6.26. The summed E-state index contributed by atoms with van der Waals surface area (Å²) in [7, 11) is 0. The van der Waals surface area contributed by atoms with Gasteiger partial charge in [-0.1, -0.05) is 17.7 Å². The van der Waals surface area contributed by atoms with E-state index in [1.807, 2.05) is 13.0 Å². The Balaban J connectivity index is 2.05. The van der Waals surface area contributed by atoms with Crippen molar-refractivity contribution in [3.05, 3.63) is 34.3 Å². The van der Waals surface area contributed by atoms with Crippen LogP contribution in [0.15, 0.2) is 18.2 Å². The molecular formula is C13H17ClN2O. The van der Waals surface area contributed by atoms with Crippen molar-refractivity contribution in [1.82, 2.24) is 5.32 Å². The van der Waals surface area contributed by atoms with Crippen LogP contribution in [0.3, 0.4) is 0 Å². The first kappa shape index (κ1) is 12.4. The van der Waals surface area contributed by atoms with E-state index < -0.39 is 0 Å². The summed E-state index contributed by atoms with van der Waals surface area (Å²) in [5, 5.41) is 3.59. The lowest BCUT2D eigenvalue weighted by Gasteiger charge is -2.16. The van der Waals surface area contributed by atoms with Crippen LogP contribution in [0.2, 0.25) is 5.02 Å². The number of carbonyl (C=O) groups is 1. The van der Waals surface area contributed by atoms with Gasteiger partial charge >= 0.3 is 0 Å². The van der Waals surface area contributed by atoms with Crippen LogP contribution >= 0.6 is 11.6 Å². The minimum absolute atomic E-state index is 0.0887. The zero-order valence-corrected chi connectivity index (χ0v) is 10.6. The Morgan fingerprint density at radius 3 is 2.82 bits per heavy atom. The standard InChI is InChI=1S/C13H17ClN2O/c1-8-2-3-10(6-11(8)14)13(17)16-12(7-15)9-4-5-9/h2-3,6,9,12H,4-5,7,15H2,1H3,(H,16,17). The number of hydrogen-bond acceptors (Lipinski definition) is 2. The molecule has 1 amide bonds. The number of rotatable bonds is 4. The third kappa shape index (κ3) is 2.99. The maximum absolute atomic E-state index is 12.0. The molecule has 0 radical (unpaired) electrons. The molecule has 0 aliphatic heterocycles. The number of aryl methyl sites for hydroxylation is 1. The summed E-state index contributed by atoms with van der Waals surface area (Å²) in [4.78, 5) is 12.0. The van der Waals surface area contributed by atoms with Gasteiger partial charge in [0.15, 0.2) is 0 Å². The summed E-state index contributed by atoms with van der Waals surface area (Å²) in [5.41, 5.74) is 7.22. The van der Waals surface area contributed by atoms with Gasteiger partial charge in [-0.05, 0) is 43.4 Å². The van der Waals surface area contributed by atoms with Gasteiger partial charge in [0.25, 0.3) is 5.91 Å². The van der Waals surface area contributed by atoms with E-state index in [0.29, 0.717) is 23.0 Å². The molecule has 3 N–H and O–H groups in total. The van der Waals surface area contributed by atoms with Crippen molar-refractivity contribution < 1.29 is 4.79 Å². The molecule has 0 heterocycles. The molecule has 1 aromatic carbocycles. The van der Waals surface area contributed by atoms with Crippen molar-refractivity contribution in [2.24, 2.45) is 11.7 Å². The summed E-state index contributed by atoms with van der Waals surface area (Å²) >= 11 is 6.00. The van der Waals surface area contributed by atoms with Crippen LogP contribution in [-0.4, -0.2) is 18.5 Å². The second kappa shape index (κ2) is 5.07. The van der Waals surface area contributed by atoms with E-state index >= 15 is 0 Å². The molecule has 1 atom stereocenters. The molecule has 0 spiro atoms. The van der Waals surface area contributed by atoms with Crippen LogP contribution in [0, 0.1) is 12.8 Å². The van der Waals surface area contributed by atoms with Gasteiger partial charge in [-0.2, -0.15) is 0 Å². The van der Waals surface area contributed by atoms with Gasteiger partial charge in [0, 0.05) is 23.2 Å². The minimum atomic E-state index is -0.0887. The largest absolute Gasteiger partial charge is 0.348 e. The molecule has 1 unspecified atom stereocenters. The van der Waals surface area contributed by atoms with Crippen LogP contribution in [0.4, 0.5) is 0 Å². The highest BCUT2D eigenvalue weighted by Crippen LogP contribution is 2.32. The van der Waals surface area contributed by atoms with Crippen molar-refractivity contribution in [1.29, 1.82) is 0 Å². The molecule has 2 rings (SSSR count). The second-order valence-electron chi connectivity index (χ2n) is 4.62. The van der Waals surface area contributed by atoms with Crippen LogP contribution < -0.4 is 11.1 Å². The van der Waals surface area contributed by atoms with Crippen molar-refractivity contribution in [3.8, 4) is 0 Å². The number of amides is 1. The van der Waals surface area contributed by atoms with E-state index in [9.17, 15) is 4.79 Å². The molecule has 1 aliphatic carbocycles. The van der Waals surface area contributed by atoms with Gasteiger partial charge in [0.05, 0.1) is 0 Å². The highest BCUT2D eigenvalue weighted by Gasteiger charge is 2.31. The number of nitrogens with two attached hydrogens (primary N) is 1. The topological polar surface area (TPSA) is 55.1 Å². The van der Waals surface area contributed by atoms with E-state index in [-0.39, 0.29) is 11.9 Å². The van der Waals surface area contributed by atoms with Gasteiger partial charge < -0.3 is 11.1 Å². The molecule has 4 heteroatoms. The third-order valence-electron chi connectivity index (χ3n) is 3.20. The molecule has 1 aromatic rings. The molecule has 0 saturated heterocycles. The lowest BCUT2D eigenvalue weighted by atomic mass is 10.1. The third-order valence-corrected chi connectivity index (χ3v) is 3.60. The van der Waals surface area contributed by atoms with E-state index in [4.69, 9.17) is 17.3 Å². The first-order chi connectivity index (χ1) is 8.11. The second-order valence-corrected chi connectivity index (χ2v) is 5.02. The first-order valence-electron chi connectivity index (χ1n) is 5.89. The number of nitrogens with one attached hydrogen (secondary N) is 1. The Kier molecular flexibility index (Phi) is 3.69. The summed E-state index contributed by atoms with van der Waals surface area (Å²) in [5.74, 6) is 0.471. The zero-order valence-electron chi connectivity index (χ0n) is 9.87. The Morgan fingerprint density at radius 1 is 1.59 bits per heavy atom. The van der Waals surface area contributed by atoms with Gasteiger partial charge in [-0.3, -0.25) is 4.79 Å². The summed E-state index contributed by atoms with van der Waals surface area (Å²) in [6.45, 7) is 2.41. The summed E-state index contributed by atoms with van der Waals surface area (Å²) in [6.07, 6.45) is 2.33. The molecule has 17 heavy (non-hydrogen) atoms. The smallest absolute Gasteiger partial charge is 0.251 e. The number of benzene rings is 1. The summed E-state index contributed by atoms with van der Waals surface area (Å²) in [6, 6.07) is 5.44. The monoisotopic (exact) mass is 252 g/mol. The Bertz CT molecular complexity index is 429. The van der Waals surface area contributed by atoms with Gasteiger partial charge in [-0.25, -0.2) is 0 Å². The molecule has 1 fully saturated rings. The SMILES string of the molecule is Cc1ccc(C(=O)NC(CN)C2CC2)cc1Cl. The Hall–Kier alpha value is -1.06. The molecule has 92 valence electrons. The van der Waals surface area contributed by atoms with Gasteiger partial charge in [0.1, 0.15) is 0 Å². The number of halogens is 1. The van der Waals surface area contributed by atoms with E-state index in [1.165, 1.54) is 0 Å². The highest BCUT2D eigenvalue weighted by molar-refractivity contribution is 6.31. The lowest BCUT2D eigenvalue weighted by molar-refractivity contribution is 0.0933. The fourth-order valence-corrected chi connectivity index (χ4v) is 2.03. The lowest BCUT2D eigenvalue weighted by Crippen LogP contribution is -2.41. The van der Waals surface area contributed by atoms with Crippen molar-refractivity contribution >= 4 is 17.5 Å². The molecule has 0 aromatic heterocycles. The van der Waals surface area contributed by atoms with Crippen LogP contribution in [0.25, 0.3) is 0 Å². The van der Waals surface area contributed by atoms with Crippen LogP contribution in [0.5, 0.6) is 0 Å². The molecular weight excluding hydrogens is 236 g/mol. The summed E-state index contributed by atoms with van der Waals surface area (Å²) < 4.78 is 0. The fourth-order valence-electron chi connectivity index (χ4n) is 1.85. The van der Waals surface area contributed by atoms with Gasteiger partial charge in [-0.15, -0.1) is 0 Å². The normalized spacial score (nSPS) is 16.6. The van der Waals surface area contributed by atoms with Gasteiger partial charge in [0.2, 0.25) is 0 Å². The van der Waals surface area contributed by atoms with E-state index in [1.54, 1.807) is 12.1 Å². The van der Waals surface area contributed by atoms with Crippen molar-refractivity contribution in [3.63, 3.8) is 0 Å². The molecule has 0 bridgehead atoms. The van der Waals surface area contributed by atoms with E-state index in [2.05, 4.69) is 5.32 Å². The average molecular weight is 253 g/mol. The average Bonchev–Trinajstić information content (AvgIpc) is 3.13. The molecule has 1 saturated carbocycles. The van der Waals surface area contributed by atoms with Crippen molar-refractivity contribution in [2.45, 2.75) is 25.8 Å². The molecule has 3 nitrogen and oxygen atoms in total. The Labute approximate surface area is 106 Å². The minimum Gasteiger partial charge on any atom is -0.348 e. The quantitative estimate of drug-likeness (QED) is 0.863. The predicted octanol–water partition coefficient (Wildman–Crippen LogP) is 2.12. The van der Waals surface area contributed by atoms with Crippen LogP contribution in [-0.2, 0) is 0 Å². The molecule has 1 aliphatic rings.